The largest absolute Gasteiger partial charge is 0.492 e. The number of carbonyl (C=O) groups excluding carboxylic acids is 3. The summed E-state index contributed by atoms with van der Waals surface area (Å²) < 4.78 is 22.1. The average Bonchev–Trinajstić information content (AvgIpc) is 2.95. The third-order valence-corrected chi connectivity index (χ3v) is 6.41. The topological polar surface area (TPSA) is 112 Å². The summed E-state index contributed by atoms with van der Waals surface area (Å²) in [5.74, 6) is -0.00405. The molecule has 2 N–H and O–H groups in total. The molecule has 2 atom stereocenters. The summed E-state index contributed by atoms with van der Waals surface area (Å²) in [7, 11) is 1.28. The van der Waals surface area contributed by atoms with E-state index in [1.807, 2.05) is 54.6 Å². The van der Waals surface area contributed by atoms with Crippen LogP contribution < -0.4 is 20.1 Å². The van der Waals surface area contributed by atoms with Crippen LogP contribution in [0.25, 0.3) is 0 Å². The first-order valence-electron chi connectivity index (χ1n) is 13.5. The van der Waals surface area contributed by atoms with Gasteiger partial charge in [-0.3, -0.25) is 4.79 Å². The molecule has 0 saturated heterocycles. The zero-order valence-electron chi connectivity index (χ0n) is 23.8. The number of para-hydroxylation sites is 1. The van der Waals surface area contributed by atoms with E-state index in [1.165, 1.54) is 7.11 Å². The Bertz CT molecular complexity index is 1350. The first-order valence-corrected chi connectivity index (χ1v) is 13.5. The predicted octanol–water partition coefficient (Wildman–Crippen LogP) is 5.13. The van der Waals surface area contributed by atoms with Crippen molar-refractivity contribution >= 4 is 18.0 Å². The molecule has 3 aromatic rings. The Hall–Kier alpha value is -4.53. The van der Waals surface area contributed by atoms with Gasteiger partial charge in [-0.1, -0.05) is 54.6 Å². The van der Waals surface area contributed by atoms with Gasteiger partial charge in [-0.15, -0.1) is 0 Å². The Morgan fingerprint density at radius 1 is 0.951 bits per heavy atom. The van der Waals surface area contributed by atoms with E-state index < -0.39 is 29.6 Å². The lowest BCUT2D eigenvalue weighted by atomic mass is 9.97. The molecule has 0 unspecified atom stereocenters. The van der Waals surface area contributed by atoms with Crippen LogP contribution in [0.1, 0.15) is 60.3 Å². The monoisotopic (exact) mass is 560 g/mol. The third kappa shape index (κ3) is 8.23. The minimum absolute atomic E-state index is 0.218. The number of fused-ring (bicyclic) bond motifs is 1. The van der Waals surface area contributed by atoms with Crippen molar-refractivity contribution in [2.24, 2.45) is 0 Å². The van der Waals surface area contributed by atoms with Crippen molar-refractivity contribution in [3.05, 3.63) is 95.1 Å². The molecule has 0 aromatic heterocycles. The number of alkyl carbamates (subject to hydrolysis) is 1. The Morgan fingerprint density at radius 2 is 1.68 bits per heavy atom. The minimum atomic E-state index is -0.932. The van der Waals surface area contributed by atoms with Gasteiger partial charge in [0.1, 0.15) is 29.7 Å². The minimum Gasteiger partial charge on any atom is -0.492 e. The normalized spacial score (nSPS) is 15.0. The average molecular weight is 561 g/mol. The van der Waals surface area contributed by atoms with Crippen LogP contribution in [0.15, 0.2) is 72.8 Å². The van der Waals surface area contributed by atoms with Crippen molar-refractivity contribution in [1.82, 2.24) is 10.6 Å². The standard InChI is InChI=1S/C32H36N2O7/c1-32(2,3)41-31(37)34-26-17-18-39-28-24(26)11-8-12-25(28)29(35)33-27(30(36)38-4)19-21-13-15-23(16-14-21)40-20-22-9-6-5-7-10-22/h5-16,26-27H,17-20H2,1-4H3,(H,33,35)(H,34,37)/t26-,27-/m0/s1. The molecule has 216 valence electrons. The quantitative estimate of drug-likeness (QED) is 0.349. The molecular weight excluding hydrogens is 524 g/mol. The molecule has 2 amide bonds. The van der Waals surface area contributed by atoms with E-state index in [0.29, 0.717) is 36.7 Å². The summed E-state index contributed by atoms with van der Waals surface area (Å²) in [6, 6.07) is 21.0. The lowest BCUT2D eigenvalue weighted by Crippen LogP contribution is -2.43. The fourth-order valence-electron chi connectivity index (χ4n) is 4.47. The summed E-state index contributed by atoms with van der Waals surface area (Å²) in [6.07, 6.45) is 0.191. The SMILES string of the molecule is COC(=O)[C@H](Cc1ccc(OCc2ccccc2)cc1)NC(=O)c1cccc2c1OCC[C@@H]2NC(=O)OC(C)(C)C. The van der Waals surface area contributed by atoms with Gasteiger partial charge in [0.15, 0.2) is 0 Å². The molecule has 4 rings (SSSR count). The number of ether oxygens (including phenoxy) is 4. The second-order valence-electron chi connectivity index (χ2n) is 10.7. The lowest BCUT2D eigenvalue weighted by Gasteiger charge is -2.29. The van der Waals surface area contributed by atoms with E-state index in [1.54, 1.807) is 39.0 Å². The van der Waals surface area contributed by atoms with Crippen LogP contribution >= 0.6 is 0 Å². The van der Waals surface area contributed by atoms with Crippen molar-refractivity contribution in [3.63, 3.8) is 0 Å². The van der Waals surface area contributed by atoms with Crippen molar-refractivity contribution in [2.45, 2.75) is 57.9 Å². The van der Waals surface area contributed by atoms with Gasteiger partial charge >= 0.3 is 12.1 Å². The third-order valence-electron chi connectivity index (χ3n) is 6.41. The van der Waals surface area contributed by atoms with Gasteiger partial charge in [-0.05, 0) is 50.1 Å². The van der Waals surface area contributed by atoms with Crippen LogP contribution in [-0.2, 0) is 27.3 Å². The Labute approximate surface area is 240 Å². The predicted molar refractivity (Wildman–Crippen MR) is 153 cm³/mol. The highest BCUT2D eigenvalue weighted by molar-refractivity contribution is 5.99. The fraction of sp³-hybridized carbons (Fsp3) is 0.344. The van der Waals surface area contributed by atoms with Crippen LogP contribution in [0.3, 0.4) is 0 Å². The van der Waals surface area contributed by atoms with Gasteiger partial charge in [0.2, 0.25) is 0 Å². The van der Waals surface area contributed by atoms with E-state index in [4.69, 9.17) is 18.9 Å². The van der Waals surface area contributed by atoms with Crippen LogP contribution in [0.5, 0.6) is 11.5 Å². The summed E-state index contributed by atoms with van der Waals surface area (Å²) in [4.78, 5) is 38.4. The summed E-state index contributed by atoms with van der Waals surface area (Å²) in [6.45, 7) is 6.12. The van der Waals surface area contributed by atoms with E-state index in [-0.39, 0.29) is 18.0 Å². The molecule has 1 aliphatic rings. The highest BCUT2D eigenvalue weighted by Gasteiger charge is 2.30. The molecule has 41 heavy (non-hydrogen) atoms. The number of hydrogen-bond acceptors (Lipinski definition) is 7. The number of rotatable bonds is 9. The van der Waals surface area contributed by atoms with Gasteiger partial charge in [0, 0.05) is 18.4 Å². The van der Waals surface area contributed by atoms with E-state index in [9.17, 15) is 14.4 Å². The number of amides is 2. The van der Waals surface area contributed by atoms with Crippen molar-refractivity contribution in [2.75, 3.05) is 13.7 Å². The molecule has 1 aliphatic heterocycles. The van der Waals surface area contributed by atoms with Crippen LogP contribution in [0.2, 0.25) is 0 Å². The van der Waals surface area contributed by atoms with Crippen molar-refractivity contribution in [1.29, 1.82) is 0 Å². The van der Waals surface area contributed by atoms with E-state index in [2.05, 4.69) is 10.6 Å². The fourth-order valence-corrected chi connectivity index (χ4v) is 4.47. The summed E-state index contributed by atoms with van der Waals surface area (Å²) in [5.41, 5.74) is 2.16. The maximum absolute atomic E-state index is 13.4. The number of nitrogens with one attached hydrogen (secondary N) is 2. The first kappa shape index (κ1) is 29.5. The maximum atomic E-state index is 13.4. The smallest absolute Gasteiger partial charge is 0.408 e. The Balaban J connectivity index is 1.44. The molecular formula is C32H36N2O7. The van der Waals surface area contributed by atoms with E-state index >= 15 is 0 Å². The number of carbonyl (C=O) groups is 3. The van der Waals surface area contributed by atoms with Crippen molar-refractivity contribution in [3.8, 4) is 11.5 Å². The molecule has 0 saturated carbocycles. The summed E-state index contributed by atoms with van der Waals surface area (Å²) in [5, 5.41) is 5.66. The Morgan fingerprint density at radius 3 is 2.37 bits per heavy atom. The molecule has 0 fully saturated rings. The zero-order valence-corrected chi connectivity index (χ0v) is 23.8. The molecule has 0 bridgehead atoms. The maximum Gasteiger partial charge on any atom is 0.408 e. The second kappa shape index (κ2) is 13.2. The number of esters is 1. The van der Waals surface area contributed by atoms with Gasteiger partial charge in [-0.25, -0.2) is 9.59 Å². The highest BCUT2D eigenvalue weighted by atomic mass is 16.6. The molecule has 9 heteroatoms. The van der Waals surface area contributed by atoms with Gasteiger partial charge in [0.25, 0.3) is 5.91 Å². The van der Waals surface area contributed by atoms with Crippen LogP contribution in [-0.4, -0.2) is 43.3 Å². The molecule has 0 aliphatic carbocycles. The van der Waals surface area contributed by atoms with Gasteiger partial charge in [0.05, 0.1) is 25.3 Å². The molecule has 3 aromatic carbocycles. The number of benzene rings is 3. The van der Waals surface area contributed by atoms with Crippen LogP contribution in [0.4, 0.5) is 4.79 Å². The summed E-state index contributed by atoms with van der Waals surface area (Å²) >= 11 is 0. The lowest BCUT2D eigenvalue weighted by molar-refractivity contribution is -0.142. The second-order valence-corrected chi connectivity index (χ2v) is 10.7. The zero-order chi connectivity index (χ0) is 29.4. The number of methoxy groups -OCH3 is 1. The highest BCUT2D eigenvalue weighted by Crippen LogP contribution is 2.35. The van der Waals surface area contributed by atoms with E-state index in [0.717, 1.165) is 11.1 Å². The van der Waals surface area contributed by atoms with Gasteiger partial charge < -0.3 is 29.6 Å². The molecule has 0 radical (unpaired) electrons. The number of hydrogen-bond donors (Lipinski definition) is 2. The molecule has 1 heterocycles. The molecule has 9 nitrogen and oxygen atoms in total. The van der Waals surface area contributed by atoms with Gasteiger partial charge in [-0.2, -0.15) is 0 Å². The molecule has 0 spiro atoms. The van der Waals surface area contributed by atoms with Crippen molar-refractivity contribution < 1.29 is 33.3 Å². The van der Waals surface area contributed by atoms with Crippen LogP contribution in [0, 0.1) is 0 Å². The Kier molecular flexibility index (Phi) is 9.49. The first-order chi connectivity index (χ1) is 19.6.